The monoisotopic (exact) mass is 434 g/mol. The second-order valence-electron chi connectivity index (χ2n) is 7.57. The first kappa shape index (κ1) is 23.3. The van der Waals surface area contributed by atoms with Crippen LogP contribution >= 0.6 is 0 Å². The predicted molar refractivity (Wildman–Crippen MR) is 126 cm³/mol. The Labute approximate surface area is 189 Å². The van der Waals surface area contributed by atoms with E-state index in [-0.39, 0.29) is 12.0 Å². The zero-order valence-corrected chi connectivity index (χ0v) is 19.1. The standard InChI is InChI=1S/C26H30N2O4/c1-5-15-31-24-11-6-7-12-25(24)32-22-10-8-9-20(17-22)28-26(29)23-14-13-21(27-19(23)3)16-18(2)30-4/h6-14,17-18H,5,15-16H2,1-4H3,(H,28,29). The molecule has 1 amide bonds. The molecule has 6 nitrogen and oxygen atoms in total. The minimum Gasteiger partial charge on any atom is -0.490 e. The highest BCUT2D eigenvalue weighted by atomic mass is 16.5. The molecule has 3 aromatic rings. The second kappa shape index (κ2) is 11.3. The average molecular weight is 435 g/mol. The number of rotatable bonds is 10. The van der Waals surface area contributed by atoms with Crippen LogP contribution < -0.4 is 14.8 Å². The van der Waals surface area contributed by atoms with E-state index in [1.165, 1.54) is 0 Å². The molecule has 1 atom stereocenters. The maximum atomic E-state index is 12.8. The highest BCUT2D eigenvalue weighted by molar-refractivity contribution is 6.05. The van der Waals surface area contributed by atoms with Crippen LogP contribution in [0.2, 0.25) is 0 Å². The van der Waals surface area contributed by atoms with Gasteiger partial charge in [-0.3, -0.25) is 9.78 Å². The summed E-state index contributed by atoms with van der Waals surface area (Å²) in [6, 6.07) is 18.5. The largest absolute Gasteiger partial charge is 0.490 e. The van der Waals surface area contributed by atoms with E-state index in [4.69, 9.17) is 14.2 Å². The first-order valence-corrected chi connectivity index (χ1v) is 10.8. The lowest BCUT2D eigenvalue weighted by Crippen LogP contribution is -2.16. The Morgan fingerprint density at radius 1 is 1.06 bits per heavy atom. The van der Waals surface area contributed by atoms with Crippen molar-refractivity contribution in [1.29, 1.82) is 0 Å². The van der Waals surface area contributed by atoms with E-state index in [1.54, 1.807) is 19.2 Å². The number of aromatic nitrogens is 1. The van der Waals surface area contributed by atoms with E-state index in [9.17, 15) is 4.79 Å². The van der Waals surface area contributed by atoms with Crippen molar-refractivity contribution in [3.05, 3.63) is 77.6 Å². The molecule has 0 radical (unpaired) electrons. The summed E-state index contributed by atoms with van der Waals surface area (Å²) in [6.45, 7) is 6.50. The molecule has 32 heavy (non-hydrogen) atoms. The number of para-hydroxylation sites is 2. The number of carbonyl (C=O) groups excluding carboxylic acids is 1. The summed E-state index contributed by atoms with van der Waals surface area (Å²) in [7, 11) is 1.67. The summed E-state index contributed by atoms with van der Waals surface area (Å²) in [5.41, 5.74) is 2.74. The third kappa shape index (κ3) is 6.31. The van der Waals surface area contributed by atoms with E-state index in [0.29, 0.717) is 47.2 Å². The molecule has 0 aliphatic rings. The molecule has 0 saturated heterocycles. The van der Waals surface area contributed by atoms with Gasteiger partial charge >= 0.3 is 0 Å². The number of methoxy groups -OCH3 is 1. The lowest BCUT2D eigenvalue weighted by atomic mass is 10.1. The molecule has 3 rings (SSSR count). The fourth-order valence-electron chi connectivity index (χ4n) is 3.17. The van der Waals surface area contributed by atoms with Crippen molar-refractivity contribution in [2.45, 2.75) is 39.7 Å². The Kier molecular flexibility index (Phi) is 8.22. The second-order valence-corrected chi connectivity index (χ2v) is 7.57. The van der Waals surface area contributed by atoms with E-state index in [1.807, 2.05) is 62.4 Å². The molecular weight excluding hydrogens is 404 g/mol. The number of hydrogen-bond donors (Lipinski definition) is 1. The zero-order valence-electron chi connectivity index (χ0n) is 19.1. The first-order valence-electron chi connectivity index (χ1n) is 10.8. The number of aryl methyl sites for hydroxylation is 1. The Bertz CT molecular complexity index is 1050. The van der Waals surface area contributed by atoms with Crippen LogP contribution in [-0.4, -0.2) is 30.7 Å². The first-order chi connectivity index (χ1) is 15.5. The maximum Gasteiger partial charge on any atom is 0.257 e. The van der Waals surface area contributed by atoms with Gasteiger partial charge in [0.25, 0.3) is 5.91 Å². The van der Waals surface area contributed by atoms with Crippen molar-refractivity contribution >= 4 is 11.6 Å². The number of pyridine rings is 1. The number of hydrogen-bond acceptors (Lipinski definition) is 5. The highest BCUT2D eigenvalue weighted by Gasteiger charge is 2.13. The van der Waals surface area contributed by atoms with Crippen LogP contribution in [0.4, 0.5) is 5.69 Å². The Hall–Kier alpha value is -3.38. The Balaban J connectivity index is 1.71. The molecular formula is C26H30N2O4. The minimum atomic E-state index is -0.217. The van der Waals surface area contributed by atoms with Crippen LogP contribution in [0.1, 0.15) is 42.0 Å². The maximum absolute atomic E-state index is 12.8. The molecule has 0 aliphatic carbocycles. The SMILES string of the molecule is CCCOc1ccccc1Oc1cccc(NC(=O)c2ccc(CC(C)OC)nc2C)c1. The van der Waals surface area contributed by atoms with Gasteiger partial charge in [-0.1, -0.05) is 25.1 Å². The summed E-state index contributed by atoms with van der Waals surface area (Å²) in [5.74, 6) is 1.71. The number of benzene rings is 2. The van der Waals surface area contributed by atoms with Gasteiger partial charge in [-0.15, -0.1) is 0 Å². The van der Waals surface area contributed by atoms with Crippen LogP contribution in [0, 0.1) is 6.92 Å². The molecule has 0 spiro atoms. The van der Waals surface area contributed by atoms with Gasteiger partial charge in [0, 0.05) is 31.0 Å². The lowest BCUT2D eigenvalue weighted by molar-refractivity contribution is 0.102. The van der Waals surface area contributed by atoms with Crippen molar-refractivity contribution in [2.24, 2.45) is 0 Å². The third-order valence-electron chi connectivity index (χ3n) is 4.92. The fraction of sp³-hybridized carbons (Fsp3) is 0.308. The minimum absolute atomic E-state index is 0.0711. The van der Waals surface area contributed by atoms with E-state index in [0.717, 1.165) is 12.1 Å². The van der Waals surface area contributed by atoms with Crippen molar-refractivity contribution in [1.82, 2.24) is 4.98 Å². The van der Waals surface area contributed by atoms with Gasteiger partial charge in [0.15, 0.2) is 11.5 Å². The van der Waals surface area contributed by atoms with Crippen LogP contribution in [0.15, 0.2) is 60.7 Å². The van der Waals surface area contributed by atoms with Crippen LogP contribution in [0.25, 0.3) is 0 Å². The third-order valence-corrected chi connectivity index (χ3v) is 4.92. The normalized spacial score (nSPS) is 11.6. The molecule has 0 aliphatic heterocycles. The molecule has 0 saturated carbocycles. The smallest absolute Gasteiger partial charge is 0.257 e. The van der Waals surface area contributed by atoms with E-state index < -0.39 is 0 Å². The number of nitrogens with one attached hydrogen (secondary N) is 1. The molecule has 0 fully saturated rings. The van der Waals surface area contributed by atoms with Gasteiger partial charge in [-0.2, -0.15) is 0 Å². The lowest BCUT2D eigenvalue weighted by Gasteiger charge is -2.13. The molecule has 168 valence electrons. The van der Waals surface area contributed by atoms with Gasteiger partial charge in [0.2, 0.25) is 0 Å². The van der Waals surface area contributed by atoms with Crippen molar-refractivity contribution in [2.75, 3.05) is 19.0 Å². The van der Waals surface area contributed by atoms with E-state index in [2.05, 4.69) is 17.2 Å². The van der Waals surface area contributed by atoms with Crippen LogP contribution in [0.5, 0.6) is 17.2 Å². The van der Waals surface area contributed by atoms with Crippen LogP contribution in [0.3, 0.4) is 0 Å². The van der Waals surface area contributed by atoms with Gasteiger partial charge in [-0.25, -0.2) is 0 Å². The summed E-state index contributed by atoms with van der Waals surface area (Å²) < 4.78 is 17.1. The highest BCUT2D eigenvalue weighted by Crippen LogP contribution is 2.32. The van der Waals surface area contributed by atoms with Crippen molar-refractivity contribution in [3.8, 4) is 17.2 Å². The van der Waals surface area contributed by atoms with Crippen molar-refractivity contribution in [3.63, 3.8) is 0 Å². The number of carbonyl (C=O) groups is 1. The molecule has 1 N–H and O–H groups in total. The predicted octanol–water partition coefficient (Wildman–Crippen LogP) is 5.80. The zero-order chi connectivity index (χ0) is 22.9. The van der Waals surface area contributed by atoms with Gasteiger partial charge in [-0.05, 0) is 56.7 Å². The summed E-state index contributed by atoms with van der Waals surface area (Å²) >= 11 is 0. The number of amides is 1. The van der Waals surface area contributed by atoms with Crippen molar-refractivity contribution < 1.29 is 19.0 Å². The molecule has 0 bridgehead atoms. The van der Waals surface area contributed by atoms with E-state index >= 15 is 0 Å². The van der Waals surface area contributed by atoms with Gasteiger partial charge in [0.05, 0.1) is 24.0 Å². The summed E-state index contributed by atoms with van der Waals surface area (Å²) in [6.07, 6.45) is 1.68. The number of nitrogens with zero attached hydrogens (tertiary/aromatic N) is 1. The van der Waals surface area contributed by atoms with Gasteiger partial charge in [0.1, 0.15) is 5.75 Å². The van der Waals surface area contributed by atoms with Gasteiger partial charge < -0.3 is 19.5 Å². The molecule has 1 unspecified atom stereocenters. The quantitative estimate of drug-likeness (QED) is 0.437. The topological polar surface area (TPSA) is 69.7 Å². The molecule has 1 heterocycles. The Morgan fingerprint density at radius 3 is 2.56 bits per heavy atom. The summed E-state index contributed by atoms with van der Waals surface area (Å²) in [4.78, 5) is 17.4. The Morgan fingerprint density at radius 2 is 1.84 bits per heavy atom. The average Bonchev–Trinajstić information content (AvgIpc) is 2.78. The molecule has 2 aromatic carbocycles. The number of anilines is 1. The fourth-order valence-corrected chi connectivity index (χ4v) is 3.17. The van der Waals surface area contributed by atoms with Crippen LogP contribution in [-0.2, 0) is 11.2 Å². The molecule has 1 aromatic heterocycles. The summed E-state index contributed by atoms with van der Waals surface area (Å²) in [5, 5.41) is 2.93. The molecule has 6 heteroatoms. The number of ether oxygens (including phenoxy) is 3.